The van der Waals surface area contributed by atoms with E-state index in [1.54, 1.807) is 0 Å². The minimum absolute atomic E-state index is 0.236. The summed E-state index contributed by atoms with van der Waals surface area (Å²) in [5.74, 6) is -0.287. The van der Waals surface area contributed by atoms with Crippen LogP contribution in [0.25, 0.3) is 10.9 Å². The maximum atomic E-state index is 10.6. The average molecular weight is 201 g/mol. The Hall–Kier alpha value is -1.90. The van der Waals surface area contributed by atoms with Crippen molar-refractivity contribution in [3.05, 3.63) is 42.1 Å². The number of aromatic nitrogens is 1. The van der Waals surface area contributed by atoms with Crippen molar-refractivity contribution in [3.8, 4) is 0 Å². The number of nitrogens with zero attached hydrogens (tertiary/aromatic N) is 1. The van der Waals surface area contributed by atoms with E-state index in [0.29, 0.717) is 0 Å². The summed E-state index contributed by atoms with van der Waals surface area (Å²) in [7, 11) is 0. The number of carbonyl (C=O) groups is 1. The third-order valence-corrected chi connectivity index (χ3v) is 2.08. The zero-order valence-corrected chi connectivity index (χ0v) is 8.43. The normalized spacial score (nSPS) is 10.2. The SMILES string of the molecule is CC(=O)OCc1ccc2ccccc2n1. The fraction of sp³-hybridized carbons (Fsp3) is 0.167. The number of ether oxygens (including phenoxy) is 1. The number of hydrogen-bond acceptors (Lipinski definition) is 3. The molecule has 2 aromatic rings. The predicted molar refractivity (Wildman–Crippen MR) is 57.2 cm³/mol. The number of carbonyl (C=O) groups excluding carboxylic acids is 1. The van der Waals surface area contributed by atoms with Crippen molar-refractivity contribution in [1.82, 2.24) is 4.98 Å². The molecule has 1 aromatic carbocycles. The Bertz CT molecular complexity index is 494. The Labute approximate surface area is 87.7 Å². The summed E-state index contributed by atoms with van der Waals surface area (Å²) in [4.78, 5) is 15.0. The quantitative estimate of drug-likeness (QED) is 0.700. The highest BCUT2D eigenvalue weighted by Gasteiger charge is 1.99. The van der Waals surface area contributed by atoms with Crippen LogP contribution in [0.1, 0.15) is 12.6 Å². The van der Waals surface area contributed by atoms with Gasteiger partial charge in [0.05, 0.1) is 11.2 Å². The third-order valence-electron chi connectivity index (χ3n) is 2.08. The van der Waals surface area contributed by atoms with E-state index in [9.17, 15) is 4.79 Å². The highest BCUT2D eigenvalue weighted by Crippen LogP contribution is 2.12. The first-order valence-electron chi connectivity index (χ1n) is 4.74. The lowest BCUT2D eigenvalue weighted by molar-refractivity contribution is -0.142. The zero-order chi connectivity index (χ0) is 10.7. The second-order valence-corrected chi connectivity index (χ2v) is 3.28. The Morgan fingerprint density at radius 3 is 2.87 bits per heavy atom. The minimum atomic E-state index is -0.287. The Morgan fingerprint density at radius 1 is 1.27 bits per heavy atom. The van der Waals surface area contributed by atoms with Gasteiger partial charge in [-0.2, -0.15) is 0 Å². The molecule has 2 rings (SSSR count). The predicted octanol–water partition coefficient (Wildman–Crippen LogP) is 2.30. The maximum Gasteiger partial charge on any atom is 0.303 e. The summed E-state index contributed by atoms with van der Waals surface area (Å²) >= 11 is 0. The molecule has 0 spiro atoms. The third kappa shape index (κ3) is 2.31. The zero-order valence-electron chi connectivity index (χ0n) is 8.43. The van der Waals surface area contributed by atoms with E-state index in [0.717, 1.165) is 16.6 Å². The van der Waals surface area contributed by atoms with Gasteiger partial charge in [-0.1, -0.05) is 24.3 Å². The van der Waals surface area contributed by atoms with Crippen molar-refractivity contribution in [3.63, 3.8) is 0 Å². The highest BCUT2D eigenvalue weighted by atomic mass is 16.5. The Morgan fingerprint density at radius 2 is 2.07 bits per heavy atom. The molecule has 0 aliphatic heterocycles. The van der Waals surface area contributed by atoms with Crippen molar-refractivity contribution >= 4 is 16.9 Å². The van der Waals surface area contributed by atoms with Gasteiger partial charge in [-0.15, -0.1) is 0 Å². The first-order chi connectivity index (χ1) is 7.25. The molecule has 15 heavy (non-hydrogen) atoms. The second kappa shape index (κ2) is 4.09. The van der Waals surface area contributed by atoms with Gasteiger partial charge in [-0.25, -0.2) is 4.98 Å². The largest absolute Gasteiger partial charge is 0.459 e. The van der Waals surface area contributed by atoms with Crippen molar-refractivity contribution < 1.29 is 9.53 Å². The number of para-hydroxylation sites is 1. The van der Waals surface area contributed by atoms with Gasteiger partial charge < -0.3 is 4.74 Å². The van der Waals surface area contributed by atoms with Crippen LogP contribution in [-0.2, 0) is 16.1 Å². The number of hydrogen-bond donors (Lipinski definition) is 0. The molecule has 0 atom stereocenters. The fourth-order valence-corrected chi connectivity index (χ4v) is 1.36. The van der Waals surface area contributed by atoms with E-state index >= 15 is 0 Å². The van der Waals surface area contributed by atoms with Gasteiger partial charge in [0.2, 0.25) is 0 Å². The van der Waals surface area contributed by atoms with Crippen molar-refractivity contribution in [1.29, 1.82) is 0 Å². The molecule has 1 aromatic heterocycles. The highest BCUT2D eigenvalue weighted by molar-refractivity contribution is 5.78. The van der Waals surface area contributed by atoms with E-state index in [1.165, 1.54) is 6.92 Å². The molecule has 0 bridgehead atoms. The molecule has 0 unspecified atom stereocenters. The van der Waals surface area contributed by atoms with E-state index in [2.05, 4.69) is 4.98 Å². The molecular formula is C12H11NO2. The summed E-state index contributed by atoms with van der Waals surface area (Å²) in [5, 5.41) is 1.09. The summed E-state index contributed by atoms with van der Waals surface area (Å²) in [5.41, 5.74) is 1.69. The van der Waals surface area contributed by atoms with Crippen LogP contribution in [0.3, 0.4) is 0 Å². The lowest BCUT2D eigenvalue weighted by Crippen LogP contribution is -2.00. The summed E-state index contributed by atoms with van der Waals surface area (Å²) in [6.07, 6.45) is 0. The molecule has 0 aliphatic carbocycles. The molecule has 0 radical (unpaired) electrons. The number of rotatable bonds is 2. The molecule has 0 saturated carbocycles. The van der Waals surface area contributed by atoms with Gasteiger partial charge in [-0.3, -0.25) is 4.79 Å². The monoisotopic (exact) mass is 201 g/mol. The van der Waals surface area contributed by atoms with Gasteiger partial charge >= 0.3 is 5.97 Å². The van der Waals surface area contributed by atoms with E-state index in [-0.39, 0.29) is 12.6 Å². The first-order valence-corrected chi connectivity index (χ1v) is 4.74. The van der Waals surface area contributed by atoms with E-state index in [1.807, 2.05) is 36.4 Å². The molecule has 1 heterocycles. The summed E-state index contributed by atoms with van der Waals surface area (Å²) < 4.78 is 4.88. The number of benzene rings is 1. The summed E-state index contributed by atoms with van der Waals surface area (Å²) in [6, 6.07) is 11.7. The molecule has 0 saturated heterocycles. The maximum absolute atomic E-state index is 10.6. The van der Waals surface area contributed by atoms with Crippen LogP contribution in [0.2, 0.25) is 0 Å². The molecule has 3 heteroatoms. The van der Waals surface area contributed by atoms with Gasteiger partial charge in [0.15, 0.2) is 0 Å². The van der Waals surface area contributed by atoms with Crippen molar-refractivity contribution in [2.45, 2.75) is 13.5 Å². The lowest BCUT2D eigenvalue weighted by atomic mass is 10.2. The van der Waals surface area contributed by atoms with Gasteiger partial charge in [-0.05, 0) is 12.1 Å². The van der Waals surface area contributed by atoms with Crippen LogP contribution in [0.4, 0.5) is 0 Å². The molecule has 0 aliphatic rings. The van der Waals surface area contributed by atoms with Crippen LogP contribution in [0.15, 0.2) is 36.4 Å². The fourth-order valence-electron chi connectivity index (χ4n) is 1.36. The lowest BCUT2D eigenvalue weighted by Gasteiger charge is -2.02. The van der Waals surface area contributed by atoms with Crippen LogP contribution in [0, 0.1) is 0 Å². The molecule has 0 amide bonds. The van der Waals surface area contributed by atoms with Crippen molar-refractivity contribution in [2.75, 3.05) is 0 Å². The van der Waals surface area contributed by atoms with E-state index in [4.69, 9.17) is 4.74 Å². The number of fused-ring (bicyclic) bond motifs is 1. The van der Waals surface area contributed by atoms with Crippen molar-refractivity contribution in [2.24, 2.45) is 0 Å². The first kappa shape index (κ1) is 9.65. The average Bonchev–Trinajstić information content (AvgIpc) is 2.26. The Kier molecular flexibility index (Phi) is 2.63. The van der Waals surface area contributed by atoms with Gasteiger partial charge in [0.25, 0.3) is 0 Å². The van der Waals surface area contributed by atoms with Crippen LogP contribution in [0.5, 0.6) is 0 Å². The van der Waals surface area contributed by atoms with Crippen LogP contribution < -0.4 is 0 Å². The standard InChI is InChI=1S/C12H11NO2/c1-9(14)15-8-11-7-6-10-4-2-3-5-12(10)13-11/h2-7H,8H2,1H3. The molecule has 76 valence electrons. The molecule has 3 nitrogen and oxygen atoms in total. The van der Waals surface area contributed by atoms with Crippen LogP contribution in [-0.4, -0.2) is 11.0 Å². The minimum Gasteiger partial charge on any atom is -0.459 e. The second-order valence-electron chi connectivity index (χ2n) is 3.28. The van der Waals surface area contributed by atoms with Gasteiger partial charge in [0.1, 0.15) is 6.61 Å². The molecular weight excluding hydrogens is 190 g/mol. The summed E-state index contributed by atoms with van der Waals surface area (Å²) in [6.45, 7) is 1.63. The number of pyridine rings is 1. The Balaban J connectivity index is 2.26. The molecule has 0 N–H and O–H groups in total. The van der Waals surface area contributed by atoms with E-state index < -0.39 is 0 Å². The topological polar surface area (TPSA) is 39.2 Å². The van der Waals surface area contributed by atoms with Crippen LogP contribution >= 0.6 is 0 Å². The number of esters is 1. The van der Waals surface area contributed by atoms with Gasteiger partial charge in [0, 0.05) is 12.3 Å². The smallest absolute Gasteiger partial charge is 0.303 e. The molecule has 0 fully saturated rings.